The number of fused-ring (bicyclic) bond motifs is 1. The maximum atomic E-state index is 12.1. The molecular formula is C23H37N7O2. The first kappa shape index (κ1) is 23.8. The van der Waals surface area contributed by atoms with Gasteiger partial charge in [-0.2, -0.15) is 0 Å². The van der Waals surface area contributed by atoms with E-state index in [2.05, 4.69) is 25.3 Å². The van der Waals surface area contributed by atoms with E-state index >= 15 is 0 Å². The van der Waals surface area contributed by atoms with E-state index in [1.165, 1.54) is 19.3 Å². The molecule has 2 aromatic heterocycles. The van der Waals surface area contributed by atoms with Crippen molar-refractivity contribution in [3.05, 3.63) is 17.1 Å². The van der Waals surface area contributed by atoms with Gasteiger partial charge in [-0.05, 0) is 58.9 Å². The maximum absolute atomic E-state index is 12.1. The van der Waals surface area contributed by atoms with Gasteiger partial charge in [0.2, 0.25) is 0 Å². The molecular weight excluding hydrogens is 406 g/mol. The van der Waals surface area contributed by atoms with Crippen molar-refractivity contribution in [3.63, 3.8) is 0 Å². The van der Waals surface area contributed by atoms with Crippen LogP contribution in [0.4, 0.5) is 10.6 Å². The molecule has 1 fully saturated rings. The van der Waals surface area contributed by atoms with Crippen molar-refractivity contribution in [2.45, 2.75) is 91.8 Å². The Morgan fingerprint density at radius 3 is 2.66 bits per heavy atom. The topological polar surface area (TPSA) is 119 Å². The van der Waals surface area contributed by atoms with Crippen molar-refractivity contribution in [2.24, 2.45) is 5.16 Å². The first-order valence-electron chi connectivity index (χ1n) is 11.7. The number of nitrogens with zero attached hydrogens (tertiary/aromatic N) is 4. The second-order valence-corrected chi connectivity index (χ2v) is 8.84. The van der Waals surface area contributed by atoms with Gasteiger partial charge in [0, 0.05) is 24.8 Å². The van der Waals surface area contributed by atoms with Gasteiger partial charge in [-0.15, -0.1) is 0 Å². The summed E-state index contributed by atoms with van der Waals surface area (Å²) in [6.45, 7) is 9.42. The number of carbonyl (C=O) groups is 1. The number of carbonyl (C=O) groups excluding carboxylic acids is 1. The standard InChI is InChI=1S/C23H37N7O2/c1-15(2)29-32-14-19-28-20-21(16(3)17(4)26-22(20)24)30(19)13-9-8-12-25-23(31)27-18-10-6-5-7-11-18/h18H,5-14H2,1-4H3,(H2,24,26)(H2,25,27,31). The van der Waals surface area contributed by atoms with E-state index in [-0.39, 0.29) is 12.6 Å². The molecule has 1 saturated carbocycles. The zero-order valence-corrected chi connectivity index (χ0v) is 19.8. The number of nitrogens with one attached hydrogen (secondary N) is 2. The van der Waals surface area contributed by atoms with Crippen molar-refractivity contribution in [1.29, 1.82) is 0 Å². The molecule has 0 atom stereocenters. The molecule has 0 aliphatic heterocycles. The number of amides is 2. The van der Waals surface area contributed by atoms with Gasteiger partial charge in [-0.25, -0.2) is 14.8 Å². The minimum absolute atomic E-state index is 0.0582. The number of hydrogen-bond acceptors (Lipinski definition) is 6. The average molecular weight is 444 g/mol. The Morgan fingerprint density at radius 2 is 1.94 bits per heavy atom. The number of urea groups is 1. The summed E-state index contributed by atoms with van der Waals surface area (Å²) in [5.74, 6) is 1.20. The molecule has 0 radical (unpaired) electrons. The van der Waals surface area contributed by atoms with E-state index in [1.807, 2.05) is 27.7 Å². The third kappa shape index (κ3) is 6.11. The molecule has 1 aliphatic rings. The van der Waals surface area contributed by atoms with Gasteiger partial charge in [0.15, 0.2) is 18.2 Å². The molecule has 9 nitrogen and oxygen atoms in total. The predicted molar refractivity (Wildman–Crippen MR) is 128 cm³/mol. The van der Waals surface area contributed by atoms with Crippen LogP contribution >= 0.6 is 0 Å². The summed E-state index contributed by atoms with van der Waals surface area (Å²) in [5.41, 5.74) is 10.7. The fraction of sp³-hybridized carbons (Fsp3) is 0.652. The molecule has 0 spiro atoms. The predicted octanol–water partition coefficient (Wildman–Crippen LogP) is 3.95. The van der Waals surface area contributed by atoms with Gasteiger partial charge in [0.05, 0.1) is 11.2 Å². The van der Waals surface area contributed by atoms with Crippen molar-refractivity contribution >= 4 is 28.6 Å². The monoisotopic (exact) mass is 443 g/mol. The van der Waals surface area contributed by atoms with Crippen LogP contribution in [0.25, 0.3) is 11.0 Å². The Bertz CT molecular complexity index is 957. The molecule has 2 heterocycles. The Morgan fingerprint density at radius 1 is 1.19 bits per heavy atom. The fourth-order valence-corrected chi connectivity index (χ4v) is 4.20. The van der Waals surface area contributed by atoms with E-state index in [4.69, 9.17) is 15.6 Å². The van der Waals surface area contributed by atoms with Crippen LogP contribution in [0, 0.1) is 13.8 Å². The molecule has 2 aromatic rings. The molecule has 176 valence electrons. The average Bonchev–Trinajstić information content (AvgIpc) is 3.11. The van der Waals surface area contributed by atoms with Crippen LogP contribution in [0.3, 0.4) is 0 Å². The lowest BCUT2D eigenvalue weighted by Crippen LogP contribution is -2.43. The smallest absolute Gasteiger partial charge is 0.315 e. The summed E-state index contributed by atoms with van der Waals surface area (Å²) in [5, 5.41) is 10.1. The molecule has 1 aliphatic carbocycles. The maximum Gasteiger partial charge on any atom is 0.315 e. The Hall–Kier alpha value is -2.84. The number of aryl methyl sites for hydroxylation is 3. The van der Waals surface area contributed by atoms with Crippen LogP contribution in [0.15, 0.2) is 5.16 Å². The van der Waals surface area contributed by atoms with Crippen LogP contribution in [-0.2, 0) is 18.0 Å². The number of pyridine rings is 1. The quantitative estimate of drug-likeness (QED) is 0.308. The van der Waals surface area contributed by atoms with Gasteiger partial charge in [-0.1, -0.05) is 24.4 Å². The SMILES string of the molecule is CC(C)=NOCc1nc2c(N)nc(C)c(C)c2n1CCCCNC(=O)NC1CCCCC1. The van der Waals surface area contributed by atoms with Crippen molar-refractivity contribution in [3.8, 4) is 0 Å². The van der Waals surface area contributed by atoms with Crippen LogP contribution in [0.5, 0.6) is 0 Å². The number of rotatable bonds is 9. The number of aromatic nitrogens is 3. The molecule has 3 rings (SSSR count). The van der Waals surface area contributed by atoms with Gasteiger partial charge in [-0.3, -0.25) is 0 Å². The van der Waals surface area contributed by atoms with E-state index in [0.717, 1.165) is 60.5 Å². The zero-order chi connectivity index (χ0) is 23.1. The number of unbranched alkanes of at least 4 members (excludes halogenated alkanes) is 1. The number of anilines is 1. The molecule has 9 heteroatoms. The van der Waals surface area contributed by atoms with Crippen LogP contribution in [-0.4, -0.2) is 38.9 Å². The summed E-state index contributed by atoms with van der Waals surface area (Å²) in [6.07, 6.45) is 7.62. The Balaban J connectivity index is 1.60. The molecule has 32 heavy (non-hydrogen) atoms. The minimum Gasteiger partial charge on any atom is -0.388 e. The highest BCUT2D eigenvalue weighted by Gasteiger charge is 2.18. The van der Waals surface area contributed by atoms with Gasteiger partial charge >= 0.3 is 6.03 Å². The summed E-state index contributed by atoms with van der Waals surface area (Å²) < 4.78 is 2.15. The van der Waals surface area contributed by atoms with Crippen LogP contribution in [0.2, 0.25) is 0 Å². The third-order valence-electron chi connectivity index (χ3n) is 5.95. The number of nitrogen functional groups attached to an aromatic ring is 1. The number of imidazole rings is 1. The van der Waals surface area contributed by atoms with E-state index < -0.39 is 0 Å². The molecule has 0 saturated heterocycles. The zero-order valence-electron chi connectivity index (χ0n) is 19.8. The normalized spacial score (nSPS) is 14.4. The number of nitrogens with two attached hydrogens (primary N) is 1. The number of oxime groups is 1. The highest BCUT2D eigenvalue weighted by atomic mass is 16.6. The molecule has 0 unspecified atom stereocenters. The third-order valence-corrected chi connectivity index (χ3v) is 5.95. The summed E-state index contributed by atoms with van der Waals surface area (Å²) in [7, 11) is 0. The molecule has 2 amide bonds. The lowest BCUT2D eigenvalue weighted by atomic mass is 9.96. The second-order valence-electron chi connectivity index (χ2n) is 8.84. The molecule has 0 bridgehead atoms. The lowest BCUT2D eigenvalue weighted by molar-refractivity contribution is 0.122. The first-order chi connectivity index (χ1) is 15.4. The highest BCUT2D eigenvalue weighted by molar-refractivity contribution is 5.88. The van der Waals surface area contributed by atoms with E-state index in [0.29, 0.717) is 23.9 Å². The van der Waals surface area contributed by atoms with Crippen LogP contribution in [0.1, 0.15) is 75.9 Å². The van der Waals surface area contributed by atoms with E-state index in [9.17, 15) is 4.79 Å². The summed E-state index contributed by atoms with van der Waals surface area (Å²) in [4.78, 5) is 26.7. The first-order valence-corrected chi connectivity index (χ1v) is 11.7. The number of hydrogen-bond donors (Lipinski definition) is 3. The van der Waals surface area contributed by atoms with Gasteiger partial charge < -0.3 is 25.8 Å². The largest absolute Gasteiger partial charge is 0.388 e. The Kier molecular flexibility index (Phi) is 8.30. The fourth-order valence-electron chi connectivity index (χ4n) is 4.20. The Labute approximate surface area is 190 Å². The summed E-state index contributed by atoms with van der Waals surface area (Å²) in [6, 6.07) is 0.264. The van der Waals surface area contributed by atoms with Gasteiger partial charge in [0.25, 0.3) is 0 Å². The van der Waals surface area contributed by atoms with Gasteiger partial charge in [0.1, 0.15) is 5.52 Å². The highest BCUT2D eigenvalue weighted by Crippen LogP contribution is 2.27. The summed E-state index contributed by atoms with van der Waals surface area (Å²) >= 11 is 0. The molecule has 0 aromatic carbocycles. The van der Waals surface area contributed by atoms with Crippen molar-refractivity contribution in [2.75, 3.05) is 12.3 Å². The van der Waals surface area contributed by atoms with Crippen LogP contribution < -0.4 is 16.4 Å². The van der Waals surface area contributed by atoms with Crippen molar-refractivity contribution in [1.82, 2.24) is 25.2 Å². The van der Waals surface area contributed by atoms with Crippen molar-refractivity contribution < 1.29 is 9.63 Å². The molecule has 4 N–H and O–H groups in total. The lowest BCUT2D eigenvalue weighted by Gasteiger charge is -2.22. The van der Waals surface area contributed by atoms with E-state index in [1.54, 1.807) is 0 Å². The second kappa shape index (κ2) is 11.2. The minimum atomic E-state index is -0.0582.